The van der Waals surface area contributed by atoms with E-state index in [-0.39, 0.29) is 103 Å². The van der Waals surface area contributed by atoms with Crippen LogP contribution >= 0.6 is 12.4 Å². The summed E-state index contributed by atoms with van der Waals surface area (Å²) in [4.78, 5) is 21.9. The largest absolute Gasteiger partial charge is 1.00 e. The van der Waals surface area contributed by atoms with Gasteiger partial charge in [-0.2, -0.15) is 0 Å². The van der Waals surface area contributed by atoms with E-state index in [1.54, 1.807) is 25.1 Å². The summed E-state index contributed by atoms with van der Waals surface area (Å²) < 4.78 is 0. The van der Waals surface area contributed by atoms with Gasteiger partial charge in [0.15, 0.2) is 0 Å². The molecule has 0 spiro atoms. The molecule has 0 aliphatic heterocycles. The third-order valence-corrected chi connectivity index (χ3v) is 19.6. The van der Waals surface area contributed by atoms with E-state index >= 15 is 0 Å². The SMILES string of the molecule is Cc1cc(-c2ccc(C)c(N)c2)cc(-c2ccc(C)cc2N)c1.Cc1cc(-c2ccc(C)c(N)c2)cc(-c2ccc(C)cc2N)c1.Cc1cc(-c2ccc(C)c([N+](=O)[O-])c2)cc(-c2ccc(C)cc2[N+](=O)[O-])c1.Cc1ccc(-c2cc(C)cc(-c3ccc(C)cc3)c2)cc1.Cc1ccc(C)c(N)c1.Cc1ccc(C)c(N)c1.Cl.[Na+].[OH-].[Zn].[Zn]. The minimum Gasteiger partial charge on any atom is -0.870 e. The van der Waals surface area contributed by atoms with Gasteiger partial charge >= 0.3 is 29.6 Å². The van der Waals surface area contributed by atoms with Crippen LogP contribution in [0.3, 0.4) is 0 Å². The normalized spacial score (nSPS) is 10.1. The molecule has 13 nitrogen and oxygen atoms in total. The topological polar surface area (TPSA) is 272 Å². The van der Waals surface area contributed by atoms with Crippen LogP contribution in [-0.2, 0) is 39.0 Å². The van der Waals surface area contributed by atoms with Gasteiger partial charge in [0.1, 0.15) is 0 Å². The smallest absolute Gasteiger partial charge is 0.870 e. The van der Waals surface area contributed by atoms with Crippen molar-refractivity contribution in [1.29, 1.82) is 0 Å². The predicted molar refractivity (Wildman–Crippen MR) is 487 cm³/mol. The molecule has 0 saturated heterocycles. The van der Waals surface area contributed by atoms with E-state index in [1.165, 1.54) is 78.4 Å². The number of aryl methyl sites for hydroxylation is 16. The summed E-state index contributed by atoms with van der Waals surface area (Å²) in [5.41, 5.74) is 75.7. The first kappa shape index (κ1) is 98.5. The second kappa shape index (κ2) is 45.1. The number of nitrogens with zero attached hydrogens (tertiary/aromatic N) is 2. The molecule has 0 radical (unpaired) electrons. The molecule has 0 aliphatic rings. The van der Waals surface area contributed by atoms with Gasteiger partial charge in [-0.3, -0.25) is 20.2 Å². The van der Waals surface area contributed by atoms with Crippen molar-refractivity contribution in [2.45, 2.75) is 111 Å². The zero-order chi connectivity index (χ0) is 81.4. The molecule has 0 amide bonds. The number of nitro groups is 2. The fraction of sp³-hybridized carbons (Fsp3) is 0.160. The molecule has 588 valence electrons. The van der Waals surface area contributed by atoms with Crippen LogP contribution in [0, 0.1) is 131 Å². The Morgan fingerprint density at radius 2 is 0.427 bits per heavy atom. The van der Waals surface area contributed by atoms with Crippen LogP contribution < -0.4 is 64.0 Å². The molecule has 0 aliphatic carbocycles. The second-order valence-electron chi connectivity index (χ2n) is 29.7. The van der Waals surface area contributed by atoms with Gasteiger partial charge in [-0.15, -0.1) is 12.4 Å². The predicted octanol–water partition coefficient (Wildman–Crippen LogP) is 22.9. The summed E-state index contributed by atoms with van der Waals surface area (Å²) in [6, 6.07) is 90.1. The number of hydrogen-bond donors (Lipinski definition) is 6. The van der Waals surface area contributed by atoms with Gasteiger partial charge in [-0.1, -0.05) is 199 Å². The molecule has 0 aromatic heterocycles. The van der Waals surface area contributed by atoms with Crippen LogP contribution in [0.25, 0.3) is 89.0 Å². The molecule has 0 saturated carbocycles. The standard InChI is InChI=1S/C21H18N2O4.2C21H22N2.C21H20.2C8H11N.ClH.Na.H2O.2Zn/c1-13-4-7-19(21(10-13)23(26)27)18-9-14(2)8-17(11-18)16-6-5-15(3)20(12-16)22(24)25;2*1-13-4-7-19(21(23)10-13)18-9-14(2)8-17(11-18)16-6-5-15(3)20(22)12-16;1-15-4-8-18(9-5-15)20-12-17(3)13-21(14-20)19-10-6-16(2)7-11-19;2*1-6-3-4-7(2)8(9)5-6;;;;;/h4-12H,1-3H3;2*4-12H,22-23H2,1-3H3;4-14H,1-3H3;2*3-5H,9H2,1-2H3;1H;;1H2;;/q;;;;;;;+1;;;/p-1. The molecule has 0 fully saturated rings. The van der Waals surface area contributed by atoms with Gasteiger partial charge < -0.3 is 39.9 Å². The number of nitro benzene ring substituents is 2. The average Bonchev–Trinajstić information content (AvgIpc) is 0.802. The van der Waals surface area contributed by atoms with Crippen LogP contribution in [0.4, 0.5) is 45.5 Å². The molecule has 0 bridgehead atoms. The Morgan fingerprint density at radius 1 is 0.205 bits per heavy atom. The molecule has 14 aromatic carbocycles. The molecule has 0 atom stereocenters. The summed E-state index contributed by atoms with van der Waals surface area (Å²) >= 11 is 0. The van der Waals surface area contributed by atoms with E-state index < -0.39 is 4.92 Å². The molecule has 14 rings (SSSR count). The van der Waals surface area contributed by atoms with Crippen molar-refractivity contribution in [2.24, 2.45) is 0 Å². The minimum absolute atomic E-state index is 0. The monoisotopic (exact) mass is 1680 g/mol. The summed E-state index contributed by atoms with van der Waals surface area (Å²) in [7, 11) is 0. The van der Waals surface area contributed by atoms with Crippen LogP contribution in [0.15, 0.2) is 267 Å². The van der Waals surface area contributed by atoms with Gasteiger partial charge in [0.2, 0.25) is 0 Å². The summed E-state index contributed by atoms with van der Waals surface area (Å²) in [5.74, 6) is 0. The van der Waals surface area contributed by atoms with Crippen LogP contribution in [0.1, 0.15) is 89.0 Å². The number of anilines is 6. The number of halogens is 1. The Bertz CT molecular complexity index is 5520. The third-order valence-electron chi connectivity index (χ3n) is 19.6. The first-order valence-electron chi connectivity index (χ1n) is 37.4. The van der Waals surface area contributed by atoms with Crippen molar-refractivity contribution in [3.8, 4) is 89.0 Å². The Morgan fingerprint density at radius 3 is 0.726 bits per heavy atom. The summed E-state index contributed by atoms with van der Waals surface area (Å²) in [5, 5.41) is 22.7. The van der Waals surface area contributed by atoms with E-state index in [2.05, 4.69) is 212 Å². The number of hydrogen-bond acceptors (Lipinski definition) is 11. The van der Waals surface area contributed by atoms with E-state index in [0.717, 1.165) is 118 Å². The van der Waals surface area contributed by atoms with E-state index in [9.17, 15) is 20.2 Å². The van der Waals surface area contributed by atoms with E-state index in [0.29, 0.717) is 22.3 Å². The van der Waals surface area contributed by atoms with Gasteiger partial charge in [-0.25, -0.2) is 0 Å². The average molecular weight is 1690 g/mol. The second-order valence-corrected chi connectivity index (χ2v) is 29.7. The maximum absolute atomic E-state index is 11.5. The fourth-order valence-electron chi connectivity index (χ4n) is 13.0. The molecule has 13 N–H and O–H groups in total. The molecule has 17 heteroatoms. The van der Waals surface area contributed by atoms with Gasteiger partial charge in [0, 0.05) is 102 Å². The maximum Gasteiger partial charge on any atom is 1.00 e. The van der Waals surface area contributed by atoms with E-state index in [4.69, 9.17) is 34.4 Å². The maximum atomic E-state index is 11.5. The first-order valence-corrected chi connectivity index (χ1v) is 37.4. The number of nitrogen functional groups attached to an aromatic ring is 6. The first-order chi connectivity index (χ1) is 53.1. The number of rotatable bonds is 10. The minimum atomic E-state index is -0.402. The van der Waals surface area contributed by atoms with Crippen molar-refractivity contribution in [2.75, 3.05) is 34.4 Å². The van der Waals surface area contributed by atoms with Crippen molar-refractivity contribution in [3.05, 3.63) is 376 Å². The Hall–Kier alpha value is -10.8. The molecular weight excluding hydrogens is 1580 g/mol. The van der Waals surface area contributed by atoms with E-state index in [1.807, 2.05) is 134 Å². The van der Waals surface area contributed by atoms with Crippen molar-refractivity contribution in [1.82, 2.24) is 0 Å². The van der Waals surface area contributed by atoms with Gasteiger partial charge in [-0.05, 0) is 322 Å². The van der Waals surface area contributed by atoms with Crippen LogP contribution in [-0.4, -0.2) is 15.3 Å². The van der Waals surface area contributed by atoms with Crippen LogP contribution in [0.2, 0.25) is 0 Å². The van der Waals surface area contributed by atoms with Gasteiger partial charge in [0.05, 0.1) is 15.4 Å². The quantitative estimate of drug-likeness (QED) is 0.0324. The molecular formula is C100H106ClN8NaO5Zn2. The zero-order valence-corrected chi connectivity index (χ0v) is 79.4. The molecule has 117 heavy (non-hydrogen) atoms. The number of nitrogens with two attached hydrogens (primary N) is 6. The molecule has 0 heterocycles. The molecule has 14 aromatic rings. The van der Waals surface area contributed by atoms with Crippen molar-refractivity contribution < 1.29 is 83.8 Å². The summed E-state index contributed by atoms with van der Waals surface area (Å²) in [6.07, 6.45) is 0. The Labute approximate surface area is 745 Å². The van der Waals surface area contributed by atoms with Gasteiger partial charge in [0.25, 0.3) is 11.4 Å². The van der Waals surface area contributed by atoms with Crippen molar-refractivity contribution in [3.63, 3.8) is 0 Å². The zero-order valence-electron chi connectivity index (χ0n) is 70.7. The number of benzene rings is 14. The summed E-state index contributed by atoms with van der Waals surface area (Å²) in [6.45, 7) is 32.3. The van der Waals surface area contributed by atoms with Crippen molar-refractivity contribution >= 4 is 57.9 Å². The Balaban J connectivity index is 0.000000302. The molecule has 0 unspecified atom stereocenters. The fourth-order valence-corrected chi connectivity index (χ4v) is 13.0. The Kier molecular flexibility index (Phi) is 37.9. The van der Waals surface area contributed by atoms with Crippen LogP contribution in [0.5, 0.6) is 0 Å². The third kappa shape index (κ3) is 27.7.